The van der Waals surface area contributed by atoms with Crippen LogP contribution in [0.1, 0.15) is 134 Å². The van der Waals surface area contributed by atoms with Gasteiger partial charge in [0.25, 0.3) is 0 Å². The van der Waals surface area contributed by atoms with E-state index in [-0.39, 0.29) is 53.4 Å². The molecule has 7 amide bonds. The number of hydrogen-bond acceptors (Lipinski definition) is 12. The lowest BCUT2D eigenvalue weighted by molar-refractivity contribution is -0.142. The van der Waals surface area contributed by atoms with E-state index in [0.717, 1.165) is 24.2 Å². The Bertz CT molecular complexity index is 2260. The zero-order valence-corrected chi connectivity index (χ0v) is 42.5. The fraction of sp³-hybridized carbons (Fsp3) is 0.577. The van der Waals surface area contributed by atoms with Crippen molar-refractivity contribution in [1.29, 1.82) is 0 Å². The maximum atomic E-state index is 14.2. The fourth-order valence-corrected chi connectivity index (χ4v) is 8.63. The first-order valence-corrected chi connectivity index (χ1v) is 25.3. The predicted octanol–water partition coefficient (Wildman–Crippen LogP) is 3.17. The van der Waals surface area contributed by atoms with Crippen molar-refractivity contribution in [2.75, 3.05) is 33.9 Å². The van der Waals surface area contributed by atoms with E-state index in [4.69, 9.17) is 0 Å². The van der Waals surface area contributed by atoms with Crippen LogP contribution < -0.4 is 26.6 Å². The summed E-state index contributed by atoms with van der Waals surface area (Å²) >= 11 is 0. The van der Waals surface area contributed by atoms with Crippen molar-refractivity contribution in [2.45, 2.75) is 160 Å². The average molecular weight is 1000 g/mol. The second-order valence-electron chi connectivity index (χ2n) is 18.8. The number of aromatic amines is 1. The minimum atomic E-state index is -1.49. The maximum absolute atomic E-state index is 14.2. The summed E-state index contributed by atoms with van der Waals surface area (Å²) in [6.07, 6.45) is 18.4. The van der Waals surface area contributed by atoms with Crippen LogP contribution in [-0.4, -0.2) is 146 Å². The zero-order valence-electron chi connectivity index (χ0n) is 42.5. The van der Waals surface area contributed by atoms with Gasteiger partial charge in [-0.2, -0.15) is 0 Å². The fourth-order valence-electron chi connectivity index (χ4n) is 8.63. The number of phenols is 2. The Labute approximate surface area is 422 Å². The molecule has 0 radical (unpaired) electrons. The van der Waals surface area contributed by atoms with Crippen LogP contribution in [0, 0.1) is 0 Å². The second kappa shape index (κ2) is 29.7. The van der Waals surface area contributed by atoms with Crippen molar-refractivity contribution in [3.8, 4) is 22.6 Å². The smallest absolute Gasteiger partial charge is 0.248 e. The summed E-state index contributed by atoms with van der Waals surface area (Å²) in [6.45, 7) is 3.19. The number of phenolic OH excluding ortho intramolecular Hbond substituents is 2. The summed E-state index contributed by atoms with van der Waals surface area (Å²) in [5.74, 6) is -5.47. The predicted molar refractivity (Wildman–Crippen MR) is 270 cm³/mol. The lowest BCUT2D eigenvalue weighted by Gasteiger charge is -2.30. The second-order valence-corrected chi connectivity index (χ2v) is 18.8. The number of amides is 7. The highest BCUT2D eigenvalue weighted by Gasteiger charge is 2.34. The van der Waals surface area contributed by atoms with Gasteiger partial charge in [0.05, 0.1) is 32.1 Å². The molecule has 1 aromatic heterocycles. The molecule has 4 bridgehead atoms. The van der Waals surface area contributed by atoms with Crippen LogP contribution in [0.5, 0.6) is 11.5 Å². The number of benzene rings is 2. The van der Waals surface area contributed by atoms with Crippen molar-refractivity contribution in [3.63, 3.8) is 0 Å². The van der Waals surface area contributed by atoms with Crippen LogP contribution >= 0.6 is 0 Å². The molecule has 1 aliphatic rings. The quantitative estimate of drug-likeness (QED) is 0.0493. The van der Waals surface area contributed by atoms with E-state index < -0.39 is 91.5 Å². The van der Waals surface area contributed by atoms with Gasteiger partial charge < -0.3 is 61.8 Å². The normalized spacial score (nSPS) is 17.0. The molecule has 10 N–H and O–H groups in total. The first-order valence-electron chi connectivity index (χ1n) is 25.3. The van der Waals surface area contributed by atoms with E-state index in [0.29, 0.717) is 17.7 Å². The molecule has 20 heteroatoms. The molecule has 4 rings (SSSR count). The van der Waals surface area contributed by atoms with E-state index in [1.165, 1.54) is 127 Å². The monoisotopic (exact) mass is 1000 g/mol. The van der Waals surface area contributed by atoms with Gasteiger partial charge in [0.2, 0.25) is 41.4 Å². The van der Waals surface area contributed by atoms with Crippen molar-refractivity contribution in [2.24, 2.45) is 0 Å². The Morgan fingerprint density at radius 1 is 0.764 bits per heavy atom. The largest absolute Gasteiger partial charge is 0.507 e. The number of carbonyl (C=O) groups is 7. The van der Waals surface area contributed by atoms with Crippen LogP contribution in [-0.2, 0) is 46.4 Å². The summed E-state index contributed by atoms with van der Waals surface area (Å²) in [7, 11) is 2.71. The van der Waals surface area contributed by atoms with Gasteiger partial charge in [0.15, 0.2) is 0 Å². The summed E-state index contributed by atoms with van der Waals surface area (Å²) in [6, 6.07) is 1.23. The minimum absolute atomic E-state index is 0.0755. The number of nitrogens with one attached hydrogen (secondary N) is 6. The number of imidazole rings is 1. The van der Waals surface area contributed by atoms with Crippen LogP contribution in [0.25, 0.3) is 11.1 Å². The highest BCUT2D eigenvalue weighted by atomic mass is 16.3. The highest BCUT2D eigenvalue weighted by molar-refractivity contribution is 5.97. The number of unbranched alkanes of at least 4 members (excludes halogenated alkanes) is 12. The molecule has 2 heterocycles. The van der Waals surface area contributed by atoms with E-state index >= 15 is 0 Å². The number of H-pyrrole nitrogens is 1. The molecule has 0 saturated carbocycles. The van der Waals surface area contributed by atoms with Gasteiger partial charge in [-0.05, 0) is 55.7 Å². The number of hydrogen-bond donors (Lipinski definition) is 10. The number of fused-ring (bicyclic) bond motifs is 5. The van der Waals surface area contributed by atoms with Crippen molar-refractivity contribution in [3.05, 3.63) is 65.7 Å². The Kier molecular flexibility index (Phi) is 24.0. The maximum Gasteiger partial charge on any atom is 0.248 e. The summed E-state index contributed by atoms with van der Waals surface area (Å²) in [5, 5.41) is 55.3. The first-order chi connectivity index (χ1) is 34.5. The third-order valence-electron chi connectivity index (χ3n) is 13.1. The molecular formula is C52H77N9O11. The molecule has 3 aromatic rings. The van der Waals surface area contributed by atoms with Gasteiger partial charge in [0.1, 0.15) is 41.7 Å². The van der Waals surface area contributed by atoms with Gasteiger partial charge in [-0.25, -0.2) is 4.98 Å². The van der Waals surface area contributed by atoms with Crippen LogP contribution in [0.3, 0.4) is 0 Å². The molecule has 0 spiro atoms. The van der Waals surface area contributed by atoms with Gasteiger partial charge in [0, 0.05) is 56.4 Å². The summed E-state index contributed by atoms with van der Waals surface area (Å²) < 4.78 is 0. The molecular weight excluding hydrogens is 927 g/mol. The lowest BCUT2D eigenvalue weighted by Crippen LogP contribution is -2.56. The van der Waals surface area contributed by atoms with E-state index in [1.54, 1.807) is 12.3 Å². The molecule has 1 aliphatic heterocycles. The SMILES string of the molecule is CCCCCCCCCCCCCCCC(=O)N(C)[C@H](CO)C(=O)N[C@H](C)C(=O)NCC(=O)N(C)[C@@H]1C(=O)N[C@@H](C)C(=O)N[C@H](C(=O)N[C@H](CO)Cc2cnc[nH]2)Cc2ccc(O)c(c2)-c2cc1ccc2O. The Balaban J connectivity index is 1.38. The summed E-state index contributed by atoms with van der Waals surface area (Å²) in [5.41, 5.74) is 1.45. The molecule has 0 unspecified atom stereocenters. The summed E-state index contributed by atoms with van der Waals surface area (Å²) in [4.78, 5) is 104. The molecule has 6 atom stereocenters. The number of carbonyl (C=O) groups excluding carboxylic acids is 7. The van der Waals surface area contributed by atoms with Crippen molar-refractivity contribution in [1.82, 2.24) is 46.4 Å². The number of rotatable bonds is 27. The van der Waals surface area contributed by atoms with Crippen molar-refractivity contribution >= 4 is 41.4 Å². The topological polar surface area (TPSA) is 296 Å². The number of aliphatic hydroxyl groups is 2. The molecule has 0 saturated heterocycles. The number of likely N-dealkylation sites (N-methyl/N-ethyl adjacent to an activating group) is 2. The van der Waals surface area contributed by atoms with E-state index in [1.807, 2.05) is 0 Å². The highest BCUT2D eigenvalue weighted by Crippen LogP contribution is 2.38. The Morgan fingerprint density at radius 2 is 1.38 bits per heavy atom. The number of nitrogens with zero attached hydrogens (tertiary/aromatic N) is 3. The Hall–Kier alpha value is -6.54. The average Bonchev–Trinajstić information content (AvgIpc) is 3.88. The molecule has 0 fully saturated rings. The Morgan fingerprint density at radius 3 is 1.97 bits per heavy atom. The van der Waals surface area contributed by atoms with Gasteiger partial charge >= 0.3 is 0 Å². The zero-order chi connectivity index (χ0) is 52.7. The molecule has 396 valence electrons. The van der Waals surface area contributed by atoms with Gasteiger partial charge in [-0.15, -0.1) is 0 Å². The first kappa shape index (κ1) is 58.0. The standard InChI is InChI=1S/C52H77N9O11/c1-6-7-8-9-10-11-12-13-14-15-16-17-18-19-45(66)60(4)42(31-63)51(71)56-33(2)48(68)54-29-46(67)61(5)47-36-21-23-44(65)40(26-36)39-24-35(20-22-43(39)64)25-41(59-49(69)34(3)57-52(47)72)50(70)58-38(30-62)27-37-28-53-32-55-37/h20-24,26,28,32-34,38,41-42,47,62-65H,6-19,25,27,29-31H2,1-5H3,(H,53,55)(H,54,68)(H,56,71)(H,57,72)(H,58,70)(H,59,69)/t33-,34+,38+,41+,42-,47+/m1/s1. The molecule has 72 heavy (non-hydrogen) atoms. The van der Waals surface area contributed by atoms with E-state index in [9.17, 15) is 54.0 Å². The van der Waals surface area contributed by atoms with Crippen LogP contribution in [0.2, 0.25) is 0 Å². The van der Waals surface area contributed by atoms with E-state index in [2.05, 4.69) is 43.5 Å². The number of aromatic nitrogens is 2. The van der Waals surface area contributed by atoms with Gasteiger partial charge in [-0.1, -0.05) is 96.1 Å². The lowest BCUT2D eigenvalue weighted by atomic mass is 9.93. The number of aliphatic hydroxyl groups excluding tert-OH is 2. The minimum Gasteiger partial charge on any atom is -0.507 e. The third-order valence-corrected chi connectivity index (χ3v) is 13.1. The van der Waals surface area contributed by atoms with Crippen molar-refractivity contribution < 1.29 is 54.0 Å². The van der Waals surface area contributed by atoms with Crippen LogP contribution in [0.4, 0.5) is 0 Å². The molecule has 2 aromatic carbocycles. The molecule has 0 aliphatic carbocycles. The molecule has 20 nitrogen and oxygen atoms in total. The third kappa shape index (κ3) is 17.6. The number of aromatic hydroxyl groups is 2. The van der Waals surface area contributed by atoms with Crippen LogP contribution in [0.15, 0.2) is 48.9 Å². The van der Waals surface area contributed by atoms with Gasteiger partial charge in [-0.3, -0.25) is 33.6 Å².